The molecule has 3 N–H and O–H groups in total. The fraction of sp³-hybridized carbons (Fsp3) is 0.120. The zero-order valence-corrected chi connectivity index (χ0v) is 21.6. The lowest BCUT2D eigenvalue weighted by atomic mass is 10.1. The molecule has 0 unspecified atom stereocenters. The van der Waals surface area contributed by atoms with Crippen molar-refractivity contribution in [2.24, 2.45) is 20.4 Å². The van der Waals surface area contributed by atoms with Crippen LogP contribution in [0.5, 0.6) is 0 Å². The van der Waals surface area contributed by atoms with Crippen molar-refractivity contribution in [2.45, 2.75) is 20.8 Å². The van der Waals surface area contributed by atoms with E-state index in [2.05, 4.69) is 25.8 Å². The molecule has 0 radical (unpaired) electrons. The van der Waals surface area contributed by atoms with Crippen LogP contribution in [0.3, 0.4) is 0 Å². The Bertz CT molecular complexity index is 1450. The summed E-state index contributed by atoms with van der Waals surface area (Å²) in [5, 5.41) is 49.7. The van der Waals surface area contributed by atoms with E-state index in [1.807, 2.05) is 0 Å². The van der Waals surface area contributed by atoms with Gasteiger partial charge in [0.15, 0.2) is 0 Å². The maximum atomic E-state index is 10.9. The van der Waals surface area contributed by atoms with E-state index in [9.17, 15) is 30.3 Å². The first-order valence-electron chi connectivity index (χ1n) is 11.6. The molecule has 3 rings (SSSR count). The van der Waals surface area contributed by atoms with Gasteiger partial charge in [-0.2, -0.15) is 10.5 Å². The maximum absolute atomic E-state index is 10.9. The maximum Gasteiger partial charge on any atom is 0.365 e. The van der Waals surface area contributed by atoms with E-state index in [1.165, 1.54) is 41.8 Å². The third-order valence-corrected chi connectivity index (χ3v) is 5.51. The molecule has 0 aliphatic rings. The van der Waals surface area contributed by atoms with Crippen molar-refractivity contribution in [3.8, 4) is 0 Å². The molecule has 0 amide bonds. The van der Waals surface area contributed by atoms with Crippen LogP contribution in [0, 0.1) is 30.3 Å². The number of non-ortho nitro benzene ring substituents is 3. The van der Waals surface area contributed by atoms with Crippen LogP contribution in [-0.4, -0.2) is 37.9 Å². The molecular weight excluding hydrogens is 522 g/mol. The van der Waals surface area contributed by atoms with Crippen LogP contribution in [0.2, 0.25) is 0 Å². The average molecular weight is 547 g/mol. The molecule has 0 bridgehead atoms. The van der Waals surface area contributed by atoms with Crippen molar-refractivity contribution >= 4 is 40.2 Å². The summed E-state index contributed by atoms with van der Waals surface area (Å²) in [6.07, 6.45) is 0. The van der Waals surface area contributed by atoms with Crippen LogP contribution in [0.25, 0.3) is 0 Å². The Balaban J connectivity index is 1.86. The van der Waals surface area contributed by atoms with Crippen LogP contribution in [0.1, 0.15) is 37.5 Å². The molecule has 3 aromatic rings. The molecule has 0 atom stereocenters. The molecular formula is C25H24N9O6+. The fourth-order valence-corrected chi connectivity index (χ4v) is 3.17. The first-order valence-corrected chi connectivity index (χ1v) is 11.6. The Kier molecular flexibility index (Phi) is 9.53. The molecule has 15 heteroatoms. The molecule has 204 valence electrons. The van der Waals surface area contributed by atoms with Crippen molar-refractivity contribution in [1.29, 1.82) is 0 Å². The van der Waals surface area contributed by atoms with Crippen molar-refractivity contribution in [3.05, 3.63) is 120 Å². The van der Waals surface area contributed by atoms with Gasteiger partial charge in [0.1, 0.15) is 5.71 Å². The summed E-state index contributed by atoms with van der Waals surface area (Å²) >= 11 is 0. The zero-order valence-electron chi connectivity index (χ0n) is 21.6. The van der Waals surface area contributed by atoms with Crippen LogP contribution in [0.4, 0.5) is 17.1 Å². The Morgan fingerprint density at radius 1 is 0.600 bits per heavy atom. The molecule has 3 aromatic carbocycles. The summed E-state index contributed by atoms with van der Waals surface area (Å²) in [6, 6.07) is 17.6. The van der Waals surface area contributed by atoms with Crippen LogP contribution >= 0.6 is 0 Å². The van der Waals surface area contributed by atoms with Gasteiger partial charge in [-0.05, 0) is 68.3 Å². The van der Waals surface area contributed by atoms with E-state index < -0.39 is 14.8 Å². The topological polar surface area (TPSA) is 208 Å². The normalized spacial score (nSPS) is 12.7. The van der Waals surface area contributed by atoms with E-state index in [4.69, 9.17) is 0 Å². The second kappa shape index (κ2) is 13.2. The van der Waals surface area contributed by atoms with E-state index in [0.717, 1.165) is 0 Å². The lowest BCUT2D eigenvalue weighted by Crippen LogP contribution is -2.86. The SMILES string of the molecule is CC(=NN=C(NN=C(C)c1ccc([N+](=O)[O-])cc1)[NH2+]N=C(C)c1ccc([N+](=O)[O-])cc1)c1ccc([N+](=O)[O-])cc1. The molecule has 0 aliphatic heterocycles. The van der Waals surface area contributed by atoms with Gasteiger partial charge in [0.05, 0.1) is 26.2 Å². The van der Waals surface area contributed by atoms with Gasteiger partial charge in [-0.3, -0.25) is 30.3 Å². The van der Waals surface area contributed by atoms with Crippen LogP contribution in [0.15, 0.2) is 93.2 Å². The summed E-state index contributed by atoms with van der Waals surface area (Å²) in [4.78, 5) is 31.2. The number of hydrogen-bond acceptors (Lipinski definition) is 10. The number of benzene rings is 3. The number of quaternary nitrogens is 1. The molecule has 0 aliphatic carbocycles. The van der Waals surface area contributed by atoms with Crippen LogP contribution < -0.4 is 10.9 Å². The average Bonchev–Trinajstić information content (AvgIpc) is 2.96. The van der Waals surface area contributed by atoms with Gasteiger partial charge in [-0.15, -0.1) is 5.10 Å². The first kappa shape index (κ1) is 28.9. The van der Waals surface area contributed by atoms with Crippen molar-refractivity contribution in [1.82, 2.24) is 5.43 Å². The van der Waals surface area contributed by atoms with Gasteiger partial charge >= 0.3 is 5.96 Å². The summed E-state index contributed by atoms with van der Waals surface area (Å²) in [5.41, 5.74) is 7.40. The quantitative estimate of drug-likeness (QED) is 0.134. The number of nitrogens with two attached hydrogens (primary N) is 1. The molecule has 15 nitrogen and oxygen atoms in total. The molecule has 0 heterocycles. The van der Waals surface area contributed by atoms with E-state index in [-0.39, 0.29) is 23.0 Å². The highest BCUT2D eigenvalue weighted by Gasteiger charge is 2.10. The number of hydrogen-bond donors (Lipinski definition) is 2. The van der Waals surface area contributed by atoms with Crippen LogP contribution in [-0.2, 0) is 0 Å². The number of nitro groups is 3. The predicted molar refractivity (Wildman–Crippen MR) is 148 cm³/mol. The minimum atomic E-state index is -0.498. The second-order valence-electron chi connectivity index (χ2n) is 8.24. The largest absolute Gasteiger partial charge is 0.365 e. The van der Waals surface area contributed by atoms with Crippen molar-refractivity contribution in [3.63, 3.8) is 0 Å². The molecule has 40 heavy (non-hydrogen) atoms. The number of nitro benzene ring substituents is 3. The minimum Gasteiger partial charge on any atom is -0.258 e. The van der Waals surface area contributed by atoms with Gasteiger partial charge in [0.25, 0.3) is 17.1 Å². The molecule has 0 aromatic heterocycles. The number of nitrogens with zero attached hydrogens (tertiary/aromatic N) is 7. The number of hydrazone groups is 1. The van der Waals surface area contributed by atoms with Gasteiger partial charge in [0, 0.05) is 42.0 Å². The van der Waals surface area contributed by atoms with E-state index >= 15 is 0 Å². The Morgan fingerprint density at radius 3 is 1.38 bits per heavy atom. The molecule has 0 saturated heterocycles. The lowest BCUT2D eigenvalue weighted by Gasteiger charge is -2.04. The van der Waals surface area contributed by atoms with Gasteiger partial charge in [-0.25, -0.2) is 5.43 Å². The minimum absolute atomic E-state index is 0.0449. The summed E-state index contributed by atoms with van der Waals surface area (Å²) in [6.45, 7) is 5.09. The molecule has 0 fully saturated rings. The Labute approximate surface area is 227 Å². The highest BCUT2D eigenvalue weighted by Crippen LogP contribution is 2.14. The third kappa shape index (κ3) is 7.90. The second-order valence-corrected chi connectivity index (χ2v) is 8.24. The summed E-state index contributed by atoms with van der Waals surface area (Å²) in [5.74, 6) is 0.129. The Morgan fingerprint density at radius 2 is 0.975 bits per heavy atom. The lowest BCUT2D eigenvalue weighted by molar-refractivity contribution is -0.549. The fourth-order valence-electron chi connectivity index (χ4n) is 3.17. The summed E-state index contributed by atoms with van der Waals surface area (Å²) in [7, 11) is 0. The molecule has 0 saturated carbocycles. The number of rotatable bonds is 9. The van der Waals surface area contributed by atoms with Gasteiger partial charge in [0.2, 0.25) is 0 Å². The number of nitrogens with one attached hydrogen (secondary N) is 1. The molecule has 0 spiro atoms. The highest BCUT2D eigenvalue weighted by molar-refractivity contribution is 6.00. The third-order valence-electron chi connectivity index (χ3n) is 5.51. The Hall–Kier alpha value is -5.70. The highest BCUT2D eigenvalue weighted by atomic mass is 16.6. The zero-order chi connectivity index (χ0) is 29.2. The smallest absolute Gasteiger partial charge is 0.258 e. The number of guanidine groups is 1. The van der Waals surface area contributed by atoms with E-state index in [0.29, 0.717) is 33.8 Å². The first-order chi connectivity index (χ1) is 19.0. The van der Waals surface area contributed by atoms with Crippen molar-refractivity contribution < 1.29 is 20.2 Å². The monoisotopic (exact) mass is 546 g/mol. The van der Waals surface area contributed by atoms with Gasteiger partial charge in [-0.1, -0.05) is 10.2 Å². The predicted octanol–water partition coefficient (Wildman–Crippen LogP) is 3.49. The van der Waals surface area contributed by atoms with Gasteiger partial charge < -0.3 is 0 Å². The van der Waals surface area contributed by atoms with Crippen molar-refractivity contribution in [2.75, 3.05) is 0 Å². The van der Waals surface area contributed by atoms with E-state index in [1.54, 1.807) is 57.2 Å². The standard InChI is InChI=1S/C25H23N9O6/c1-16(19-4-10-22(11-5-19)32(35)36)26-29-25(30-27-17(2)20-6-12-23(13-7-20)33(37)38)31-28-18(3)21-8-14-24(15-9-21)34(39)40/h4-15H,1-3H3,(H2,29,30,31)/p+1. The summed E-state index contributed by atoms with van der Waals surface area (Å²) < 4.78 is 0.